The van der Waals surface area contributed by atoms with Crippen LogP contribution in [0.2, 0.25) is 0 Å². The fourth-order valence-electron chi connectivity index (χ4n) is 2.12. The van der Waals surface area contributed by atoms with Gasteiger partial charge in [-0.15, -0.1) is 0 Å². The van der Waals surface area contributed by atoms with E-state index < -0.39 is 4.92 Å². The average Bonchev–Trinajstić information content (AvgIpc) is 2.38. The van der Waals surface area contributed by atoms with Crippen molar-refractivity contribution in [2.24, 2.45) is 11.8 Å². The third-order valence-electron chi connectivity index (χ3n) is 3.52. The second-order valence-corrected chi connectivity index (χ2v) is 6.35. The van der Waals surface area contributed by atoms with Crippen LogP contribution in [-0.4, -0.2) is 18.0 Å². The molecule has 5 heteroatoms. The Morgan fingerprint density at radius 1 is 1.14 bits per heavy atom. The minimum atomic E-state index is -0.410. The molecule has 0 aliphatic heterocycles. The van der Waals surface area contributed by atoms with Crippen molar-refractivity contribution in [3.8, 4) is 0 Å². The third kappa shape index (κ3) is 5.61. The Morgan fingerprint density at radius 2 is 1.67 bits per heavy atom. The van der Waals surface area contributed by atoms with Crippen LogP contribution >= 0.6 is 0 Å². The number of rotatable bonds is 8. The minimum Gasteiger partial charge on any atom is -0.397 e. The van der Waals surface area contributed by atoms with Crippen LogP contribution in [0.1, 0.15) is 40.5 Å². The molecule has 0 saturated heterocycles. The van der Waals surface area contributed by atoms with Gasteiger partial charge in [-0.1, -0.05) is 27.7 Å². The Balaban J connectivity index is 2.92. The van der Waals surface area contributed by atoms with Gasteiger partial charge in [0.1, 0.15) is 0 Å². The molecule has 0 fully saturated rings. The predicted octanol–water partition coefficient (Wildman–Crippen LogP) is 4.08. The Bertz CT molecular complexity index is 461. The first-order valence-corrected chi connectivity index (χ1v) is 7.60. The molecule has 5 nitrogen and oxygen atoms in total. The molecule has 0 aliphatic carbocycles. The van der Waals surface area contributed by atoms with Gasteiger partial charge in [0.15, 0.2) is 0 Å². The molecule has 1 aromatic carbocycles. The highest BCUT2D eigenvalue weighted by Crippen LogP contribution is 2.28. The quantitative estimate of drug-likeness (QED) is 0.445. The Kier molecular flexibility index (Phi) is 6.46. The molecule has 0 radical (unpaired) electrons. The molecular formula is C16H27N3O2. The van der Waals surface area contributed by atoms with E-state index in [4.69, 9.17) is 5.73 Å². The van der Waals surface area contributed by atoms with Crippen LogP contribution in [0, 0.1) is 22.0 Å². The summed E-state index contributed by atoms with van der Waals surface area (Å²) in [6.45, 7) is 10.6. The summed E-state index contributed by atoms with van der Waals surface area (Å²) in [7, 11) is 0. The predicted molar refractivity (Wildman–Crippen MR) is 88.6 cm³/mol. The number of nitrogens with two attached hydrogens (primary N) is 1. The van der Waals surface area contributed by atoms with Crippen LogP contribution in [0.3, 0.4) is 0 Å². The zero-order valence-corrected chi connectivity index (χ0v) is 13.5. The number of nitrogens with zero attached hydrogens (tertiary/aromatic N) is 2. The van der Waals surface area contributed by atoms with E-state index in [1.165, 1.54) is 12.1 Å². The van der Waals surface area contributed by atoms with E-state index in [-0.39, 0.29) is 5.69 Å². The first kappa shape index (κ1) is 17.3. The molecule has 1 aromatic rings. The van der Waals surface area contributed by atoms with E-state index in [9.17, 15) is 10.1 Å². The van der Waals surface area contributed by atoms with Crippen LogP contribution in [0.4, 0.5) is 17.1 Å². The van der Waals surface area contributed by atoms with Crippen LogP contribution in [0.25, 0.3) is 0 Å². The molecule has 0 heterocycles. The van der Waals surface area contributed by atoms with Gasteiger partial charge in [-0.2, -0.15) is 0 Å². The van der Waals surface area contributed by atoms with E-state index in [1.807, 2.05) is 0 Å². The number of anilines is 2. The summed E-state index contributed by atoms with van der Waals surface area (Å²) in [4.78, 5) is 12.6. The van der Waals surface area contributed by atoms with Gasteiger partial charge in [0.2, 0.25) is 0 Å². The van der Waals surface area contributed by atoms with Crippen molar-refractivity contribution in [2.45, 2.75) is 40.5 Å². The van der Waals surface area contributed by atoms with E-state index in [0.717, 1.165) is 31.6 Å². The highest BCUT2D eigenvalue weighted by atomic mass is 16.6. The lowest BCUT2D eigenvalue weighted by molar-refractivity contribution is -0.384. The summed E-state index contributed by atoms with van der Waals surface area (Å²) >= 11 is 0. The van der Waals surface area contributed by atoms with Gasteiger partial charge >= 0.3 is 0 Å². The lowest BCUT2D eigenvalue weighted by Crippen LogP contribution is -2.28. The monoisotopic (exact) mass is 293 g/mol. The Hall–Kier alpha value is -1.78. The highest BCUT2D eigenvalue weighted by molar-refractivity contribution is 5.70. The first-order chi connectivity index (χ1) is 9.81. The fourth-order valence-corrected chi connectivity index (χ4v) is 2.12. The zero-order valence-electron chi connectivity index (χ0n) is 13.5. The second kappa shape index (κ2) is 7.86. The van der Waals surface area contributed by atoms with Crippen LogP contribution in [0.15, 0.2) is 18.2 Å². The summed E-state index contributed by atoms with van der Waals surface area (Å²) in [5, 5.41) is 10.8. The molecule has 0 bridgehead atoms. The van der Waals surface area contributed by atoms with Crippen LogP contribution in [-0.2, 0) is 0 Å². The largest absolute Gasteiger partial charge is 0.397 e. The van der Waals surface area contributed by atoms with Gasteiger partial charge in [0.25, 0.3) is 5.69 Å². The smallest absolute Gasteiger partial charge is 0.271 e. The van der Waals surface area contributed by atoms with E-state index in [1.54, 1.807) is 6.07 Å². The summed E-state index contributed by atoms with van der Waals surface area (Å²) in [5.74, 6) is 1.23. The van der Waals surface area contributed by atoms with Gasteiger partial charge in [-0.05, 0) is 30.7 Å². The average molecular weight is 293 g/mol. The number of nitrogen functional groups attached to an aromatic ring is 1. The maximum absolute atomic E-state index is 10.8. The zero-order chi connectivity index (χ0) is 16.0. The molecule has 0 atom stereocenters. The number of nitro groups is 1. The molecule has 21 heavy (non-hydrogen) atoms. The molecule has 2 N–H and O–H groups in total. The van der Waals surface area contributed by atoms with Crippen molar-refractivity contribution in [2.75, 3.05) is 23.7 Å². The SMILES string of the molecule is CC(C)CCN(CCC(C)C)c1ccc([N+](=O)[O-])cc1N. The van der Waals surface area contributed by atoms with Crippen molar-refractivity contribution in [3.05, 3.63) is 28.3 Å². The van der Waals surface area contributed by atoms with Crippen LogP contribution in [0.5, 0.6) is 0 Å². The van der Waals surface area contributed by atoms with Gasteiger partial charge in [0.05, 0.1) is 16.3 Å². The number of non-ortho nitro benzene ring substituents is 1. The lowest BCUT2D eigenvalue weighted by Gasteiger charge is -2.27. The summed E-state index contributed by atoms with van der Waals surface area (Å²) in [5.41, 5.74) is 7.46. The fraction of sp³-hybridized carbons (Fsp3) is 0.625. The number of benzene rings is 1. The van der Waals surface area contributed by atoms with Crippen molar-refractivity contribution >= 4 is 17.1 Å². The number of nitro benzene ring substituents is 1. The summed E-state index contributed by atoms with van der Waals surface area (Å²) in [6, 6.07) is 4.75. The van der Waals surface area contributed by atoms with Crippen molar-refractivity contribution in [1.82, 2.24) is 0 Å². The van der Waals surface area contributed by atoms with E-state index in [0.29, 0.717) is 17.5 Å². The van der Waals surface area contributed by atoms with Crippen molar-refractivity contribution < 1.29 is 4.92 Å². The maximum atomic E-state index is 10.8. The standard InChI is InChI=1S/C16H27N3O2/c1-12(2)7-9-18(10-8-13(3)4)16-6-5-14(19(20)21)11-15(16)17/h5-6,11-13H,7-10,17H2,1-4H3. The van der Waals surface area contributed by atoms with Crippen LogP contribution < -0.4 is 10.6 Å². The number of hydrogen-bond donors (Lipinski definition) is 1. The second-order valence-electron chi connectivity index (χ2n) is 6.35. The molecular weight excluding hydrogens is 266 g/mol. The maximum Gasteiger partial charge on any atom is 0.271 e. The van der Waals surface area contributed by atoms with E-state index >= 15 is 0 Å². The number of hydrogen-bond acceptors (Lipinski definition) is 4. The lowest BCUT2D eigenvalue weighted by atomic mass is 10.1. The minimum absolute atomic E-state index is 0.0453. The molecule has 0 saturated carbocycles. The molecule has 0 aromatic heterocycles. The topological polar surface area (TPSA) is 72.4 Å². The summed E-state index contributed by atoms with van der Waals surface area (Å²) in [6.07, 6.45) is 2.16. The highest BCUT2D eigenvalue weighted by Gasteiger charge is 2.14. The van der Waals surface area contributed by atoms with E-state index in [2.05, 4.69) is 32.6 Å². The normalized spacial score (nSPS) is 11.1. The van der Waals surface area contributed by atoms with Crippen molar-refractivity contribution in [3.63, 3.8) is 0 Å². The molecule has 118 valence electrons. The Labute approximate surface area is 127 Å². The molecule has 0 spiro atoms. The molecule has 0 unspecified atom stereocenters. The Morgan fingerprint density at radius 3 is 2.05 bits per heavy atom. The molecule has 0 amide bonds. The van der Waals surface area contributed by atoms with Gasteiger partial charge in [-0.25, -0.2) is 0 Å². The van der Waals surface area contributed by atoms with Gasteiger partial charge in [0, 0.05) is 25.2 Å². The van der Waals surface area contributed by atoms with Crippen molar-refractivity contribution in [1.29, 1.82) is 0 Å². The van der Waals surface area contributed by atoms with Gasteiger partial charge in [-0.3, -0.25) is 10.1 Å². The molecule has 1 rings (SSSR count). The third-order valence-corrected chi connectivity index (χ3v) is 3.52. The first-order valence-electron chi connectivity index (χ1n) is 7.60. The van der Waals surface area contributed by atoms with Gasteiger partial charge < -0.3 is 10.6 Å². The molecule has 0 aliphatic rings. The summed E-state index contributed by atoms with van der Waals surface area (Å²) < 4.78 is 0.